The number of aliphatic hydroxyl groups is 1. The van der Waals surface area contributed by atoms with Gasteiger partial charge in [-0.3, -0.25) is 4.79 Å². The number of alkyl halides is 3. The number of hydrogen-bond acceptors (Lipinski definition) is 3. The highest BCUT2D eigenvalue weighted by atomic mass is 32.1. The molecule has 0 unspecified atom stereocenters. The largest absolute Gasteiger partial charge is 0.416 e. The number of thiophene rings is 1. The Hall–Kier alpha value is -1.86. The first-order valence-electron chi connectivity index (χ1n) is 9.91. The molecule has 1 amide bonds. The minimum absolute atomic E-state index is 0.0815. The molecule has 158 valence electrons. The first-order chi connectivity index (χ1) is 13.7. The van der Waals surface area contributed by atoms with Gasteiger partial charge in [0.1, 0.15) is 0 Å². The highest BCUT2D eigenvalue weighted by Crippen LogP contribution is 2.44. The van der Waals surface area contributed by atoms with Crippen LogP contribution in [0, 0.1) is 0 Å². The number of aliphatic hydroxyl groups excluding tert-OH is 1. The first-order valence-corrected chi connectivity index (χ1v) is 10.7. The summed E-state index contributed by atoms with van der Waals surface area (Å²) in [6.45, 7) is 2.30. The van der Waals surface area contributed by atoms with Crippen LogP contribution in [0.15, 0.2) is 36.4 Å². The summed E-state index contributed by atoms with van der Waals surface area (Å²) in [4.78, 5) is 14.5. The van der Waals surface area contributed by atoms with Gasteiger partial charge in [0.05, 0.1) is 11.7 Å². The molecule has 0 saturated heterocycles. The minimum atomic E-state index is -4.35. The van der Waals surface area contributed by atoms with E-state index in [9.17, 15) is 23.1 Å². The molecule has 7 heteroatoms. The summed E-state index contributed by atoms with van der Waals surface area (Å²) in [6.07, 6.45) is 0.0453. The molecule has 0 aliphatic heterocycles. The van der Waals surface area contributed by atoms with Crippen molar-refractivity contribution >= 4 is 17.2 Å². The van der Waals surface area contributed by atoms with Gasteiger partial charge < -0.3 is 10.4 Å². The van der Waals surface area contributed by atoms with Crippen molar-refractivity contribution in [3.8, 4) is 0 Å². The van der Waals surface area contributed by atoms with Gasteiger partial charge in [-0.1, -0.05) is 25.0 Å². The molecule has 2 aromatic rings. The average Bonchev–Trinajstić information content (AvgIpc) is 3.34. The van der Waals surface area contributed by atoms with Gasteiger partial charge in [-0.15, -0.1) is 11.3 Å². The van der Waals surface area contributed by atoms with Crippen LogP contribution in [-0.2, 0) is 22.8 Å². The van der Waals surface area contributed by atoms with E-state index >= 15 is 0 Å². The number of amides is 1. The van der Waals surface area contributed by atoms with Gasteiger partial charge in [-0.05, 0) is 56.0 Å². The van der Waals surface area contributed by atoms with Crippen LogP contribution in [0.25, 0.3) is 0 Å². The van der Waals surface area contributed by atoms with Crippen LogP contribution >= 0.6 is 11.3 Å². The molecule has 1 aromatic carbocycles. The fraction of sp³-hybridized carbons (Fsp3) is 0.500. The van der Waals surface area contributed by atoms with E-state index < -0.39 is 17.8 Å². The molecule has 0 bridgehead atoms. The third-order valence-electron chi connectivity index (χ3n) is 5.67. The maximum absolute atomic E-state index is 12.6. The smallest absolute Gasteiger partial charge is 0.388 e. The van der Waals surface area contributed by atoms with Crippen LogP contribution in [0.3, 0.4) is 0 Å². The molecule has 0 radical (unpaired) electrons. The molecule has 1 aliphatic carbocycles. The van der Waals surface area contributed by atoms with E-state index in [-0.39, 0.29) is 17.7 Å². The lowest BCUT2D eigenvalue weighted by Crippen LogP contribution is -2.38. The van der Waals surface area contributed by atoms with E-state index in [0.717, 1.165) is 42.7 Å². The predicted octanol–water partition coefficient (Wildman–Crippen LogP) is 5.38. The fourth-order valence-electron chi connectivity index (χ4n) is 3.90. The quantitative estimate of drug-likeness (QED) is 0.626. The van der Waals surface area contributed by atoms with Crippen molar-refractivity contribution in [3.63, 3.8) is 0 Å². The Kier molecular flexibility index (Phi) is 6.69. The number of aryl methyl sites for hydroxylation is 1. The van der Waals surface area contributed by atoms with Crippen LogP contribution in [0.2, 0.25) is 0 Å². The van der Waals surface area contributed by atoms with Crippen LogP contribution in [-0.4, -0.2) is 17.6 Å². The standard InChI is InChI=1S/C22H26F3NO2S/c1-15(27)18-9-10-19(29-18)21(12-2-3-13-21)14-26-20(28)11-6-16-4-7-17(8-5-16)22(23,24)25/h4-5,7-10,15,27H,2-3,6,11-14H2,1H3,(H,26,28)/t15-/m0/s1. The number of hydrogen-bond donors (Lipinski definition) is 2. The molecule has 1 saturated carbocycles. The van der Waals surface area contributed by atoms with E-state index in [1.807, 2.05) is 6.07 Å². The van der Waals surface area contributed by atoms with E-state index in [2.05, 4.69) is 11.4 Å². The topological polar surface area (TPSA) is 49.3 Å². The van der Waals surface area contributed by atoms with Crippen molar-refractivity contribution in [2.45, 2.75) is 63.1 Å². The van der Waals surface area contributed by atoms with E-state index in [0.29, 0.717) is 18.5 Å². The number of carbonyl (C=O) groups is 1. The number of benzene rings is 1. The monoisotopic (exact) mass is 425 g/mol. The summed E-state index contributed by atoms with van der Waals surface area (Å²) in [6, 6.07) is 8.98. The van der Waals surface area contributed by atoms with Crippen LogP contribution in [0.4, 0.5) is 13.2 Å². The van der Waals surface area contributed by atoms with Crippen molar-refractivity contribution in [1.29, 1.82) is 0 Å². The molecule has 2 N–H and O–H groups in total. The molecule has 3 rings (SSSR count). The third kappa shape index (κ3) is 5.39. The number of rotatable bonds is 7. The summed E-state index contributed by atoms with van der Waals surface area (Å²) in [5.41, 5.74) is -0.0492. The van der Waals surface area contributed by atoms with Crippen molar-refractivity contribution in [1.82, 2.24) is 5.32 Å². The van der Waals surface area contributed by atoms with Gasteiger partial charge in [0.15, 0.2) is 0 Å². The van der Waals surface area contributed by atoms with Crippen LogP contribution in [0.5, 0.6) is 0 Å². The first kappa shape index (κ1) is 21.8. The Morgan fingerprint density at radius 3 is 2.38 bits per heavy atom. The fourth-order valence-corrected chi connectivity index (χ4v) is 5.09. The van der Waals surface area contributed by atoms with Gasteiger partial charge in [0.25, 0.3) is 0 Å². The average molecular weight is 426 g/mol. The van der Waals surface area contributed by atoms with Crippen molar-refractivity contribution in [2.75, 3.05) is 6.54 Å². The van der Waals surface area contributed by atoms with E-state index in [4.69, 9.17) is 0 Å². The summed E-state index contributed by atoms with van der Waals surface area (Å²) >= 11 is 1.61. The molecule has 29 heavy (non-hydrogen) atoms. The SMILES string of the molecule is C[C@H](O)c1ccc(C2(CNC(=O)CCc3ccc(C(F)(F)F)cc3)CCCC2)s1. The minimum Gasteiger partial charge on any atom is -0.388 e. The Morgan fingerprint density at radius 2 is 1.83 bits per heavy atom. The normalized spacial score (nSPS) is 17.3. The van der Waals surface area contributed by atoms with Gasteiger partial charge >= 0.3 is 6.18 Å². The second-order valence-electron chi connectivity index (χ2n) is 7.84. The molecule has 1 heterocycles. The van der Waals surface area contributed by atoms with Gasteiger partial charge in [0, 0.05) is 28.1 Å². The van der Waals surface area contributed by atoms with Gasteiger partial charge in [-0.2, -0.15) is 13.2 Å². The van der Waals surface area contributed by atoms with Gasteiger partial charge in [-0.25, -0.2) is 0 Å². The molecule has 1 fully saturated rings. The van der Waals surface area contributed by atoms with Crippen molar-refractivity contribution in [3.05, 3.63) is 57.3 Å². The van der Waals surface area contributed by atoms with Crippen molar-refractivity contribution < 1.29 is 23.1 Å². The lowest BCUT2D eigenvalue weighted by atomic mass is 9.84. The Balaban J connectivity index is 1.55. The zero-order chi connectivity index (χ0) is 21.1. The number of carbonyl (C=O) groups excluding carboxylic acids is 1. The predicted molar refractivity (Wildman–Crippen MR) is 108 cm³/mol. The molecular formula is C22H26F3NO2S. The highest BCUT2D eigenvalue weighted by molar-refractivity contribution is 7.12. The lowest BCUT2D eigenvalue weighted by molar-refractivity contribution is -0.137. The number of nitrogens with one attached hydrogen (secondary N) is 1. The zero-order valence-corrected chi connectivity index (χ0v) is 17.2. The van der Waals surface area contributed by atoms with E-state index in [1.165, 1.54) is 17.0 Å². The van der Waals surface area contributed by atoms with E-state index in [1.54, 1.807) is 18.3 Å². The van der Waals surface area contributed by atoms with Crippen LogP contribution < -0.4 is 5.32 Å². The molecular weight excluding hydrogens is 399 g/mol. The Bertz CT molecular complexity index is 821. The summed E-state index contributed by atoms with van der Waals surface area (Å²) in [5, 5.41) is 12.8. The maximum Gasteiger partial charge on any atom is 0.416 e. The summed E-state index contributed by atoms with van der Waals surface area (Å²) < 4.78 is 37.9. The third-order valence-corrected chi connectivity index (χ3v) is 7.17. The number of halogens is 3. The Morgan fingerprint density at radius 1 is 1.17 bits per heavy atom. The Labute approximate surface area is 173 Å². The molecule has 3 nitrogen and oxygen atoms in total. The maximum atomic E-state index is 12.6. The summed E-state index contributed by atoms with van der Waals surface area (Å²) in [5.74, 6) is -0.0940. The second kappa shape index (κ2) is 8.88. The second-order valence-corrected chi connectivity index (χ2v) is 8.95. The summed E-state index contributed by atoms with van der Waals surface area (Å²) in [7, 11) is 0. The molecule has 1 aromatic heterocycles. The molecule has 0 spiro atoms. The van der Waals surface area contributed by atoms with Gasteiger partial charge in [0.2, 0.25) is 5.91 Å². The molecule has 1 atom stereocenters. The van der Waals surface area contributed by atoms with Crippen molar-refractivity contribution in [2.24, 2.45) is 0 Å². The zero-order valence-electron chi connectivity index (χ0n) is 16.4. The lowest BCUT2D eigenvalue weighted by Gasteiger charge is -2.28. The van der Waals surface area contributed by atoms with Crippen LogP contribution in [0.1, 0.15) is 66.0 Å². The highest BCUT2D eigenvalue weighted by Gasteiger charge is 2.37. The molecule has 1 aliphatic rings.